The normalized spacial score (nSPS) is 16.5. The molecule has 2 aromatic carbocycles. The van der Waals surface area contributed by atoms with Gasteiger partial charge in [-0.2, -0.15) is 4.37 Å². The van der Waals surface area contributed by atoms with Gasteiger partial charge in [0.15, 0.2) is 0 Å². The van der Waals surface area contributed by atoms with Crippen molar-refractivity contribution in [3.05, 3.63) is 69.7 Å². The molecule has 2 amide bonds. The van der Waals surface area contributed by atoms with E-state index in [0.717, 1.165) is 10.7 Å². The molecule has 2 heterocycles. The van der Waals surface area contributed by atoms with Crippen LogP contribution in [0.1, 0.15) is 18.3 Å². The van der Waals surface area contributed by atoms with Crippen LogP contribution in [0.3, 0.4) is 0 Å². The molecule has 1 aromatic heterocycles. The van der Waals surface area contributed by atoms with Crippen LogP contribution in [0.2, 0.25) is 10.0 Å². The molecular formula is C21H20Cl2FN5OS. The number of anilines is 2. The molecular weight excluding hydrogens is 460 g/mol. The zero-order valence-electron chi connectivity index (χ0n) is 16.7. The maximum atomic E-state index is 13.1. The first-order valence-electron chi connectivity index (χ1n) is 9.74. The van der Waals surface area contributed by atoms with Crippen molar-refractivity contribution < 1.29 is 9.18 Å². The van der Waals surface area contributed by atoms with Gasteiger partial charge in [-0.3, -0.25) is 0 Å². The van der Waals surface area contributed by atoms with E-state index in [1.807, 2.05) is 6.92 Å². The monoisotopic (exact) mass is 479 g/mol. The van der Waals surface area contributed by atoms with Crippen LogP contribution in [-0.4, -0.2) is 46.0 Å². The number of hydrogen-bond donors (Lipinski definition) is 1. The van der Waals surface area contributed by atoms with Gasteiger partial charge in [-0.05, 0) is 36.8 Å². The summed E-state index contributed by atoms with van der Waals surface area (Å²) in [6.07, 6.45) is 0.549. The number of urea groups is 1. The Bertz CT molecular complexity index is 1060. The lowest BCUT2D eigenvalue weighted by molar-refractivity contribution is 0.185. The quantitative estimate of drug-likeness (QED) is 0.550. The van der Waals surface area contributed by atoms with Gasteiger partial charge in [-0.25, -0.2) is 14.2 Å². The fraction of sp³-hybridized carbons (Fsp3) is 0.286. The molecule has 0 radical (unpaired) electrons. The Balaban J connectivity index is 1.37. The molecule has 0 spiro atoms. The molecule has 3 aromatic rings. The van der Waals surface area contributed by atoms with Gasteiger partial charge in [-0.1, -0.05) is 41.4 Å². The molecule has 1 N–H and O–H groups in total. The molecule has 1 saturated heterocycles. The van der Waals surface area contributed by atoms with E-state index >= 15 is 0 Å². The van der Waals surface area contributed by atoms with Crippen LogP contribution in [0.5, 0.6) is 0 Å². The standard InChI is InChI=1S/C21H20Cl2FN5OS/c1-13-12-28(21-25-18(27-31-21)11-14-5-7-15(24)8-6-14)9-10-29(13)20(30)26-19-16(22)3-2-4-17(19)23/h2-8,13H,9-12H2,1H3,(H,26,30). The Morgan fingerprint density at radius 2 is 1.90 bits per heavy atom. The van der Waals surface area contributed by atoms with Crippen LogP contribution in [0, 0.1) is 5.82 Å². The second-order valence-electron chi connectivity index (χ2n) is 7.31. The molecule has 1 aliphatic heterocycles. The Kier molecular flexibility index (Phi) is 6.60. The molecule has 1 aliphatic rings. The predicted molar refractivity (Wildman–Crippen MR) is 123 cm³/mol. The molecule has 6 nitrogen and oxygen atoms in total. The molecule has 10 heteroatoms. The fourth-order valence-electron chi connectivity index (χ4n) is 3.46. The van der Waals surface area contributed by atoms with Crippen molar-refractivity contribution in [2.75, 3.05) is 29.9 Å². The first kappa shape index (κ1) is 21.8. The Hall–Kier alpha value is -2.42. The van der Waals surface area contributed by atoms with Gasteiger partial charge < -0.3 is 15.1 Å². The smallest absolute Gasteiger partial charge is 0.322 e. The third-order valence-corrected chi connectivity index (χ3v) is 6.53. The van der Waals surface area contributed by atoms with Crippen molar-refractivity contribution in [1.82, 2.24) is 14.3 Å². The molecule has 1 atom stereocenters. The van der Waals surface area contributed by atoms with Crippen LogP contribution >= 0.6 is 34.7 Å². The van der Waals surface area contributed by atoms with Gasteiger partial charge >= 0.3 is 6.03 Å². The Morgan fingerprint density at radius 3 is 2.58 bits per heavy atom. The summed E-state index contributed by atoms with van der Waals surface area (Å²) in [6, 6.07) is 11.2. The van der Waals surface area contributed by atoms with Crippen molar-refractivity contribution in [1.29, 1.82) is 0 Å². The molecule has 0 aliphatic carbocycles. The Morgan fingerprint density at radius 1 is 1.19 bits per heavy atom. The number of nitrogens with one attached hydrogen (secondary N) is 1. The summed E-state index contributed by atoms with van der Waals surface area (Å²) < 4.78 is 17.5. The minimum Gasteiger partial charge on any atom is -0.343 e. The number of benzene rings is 2. The summed E-state index contributed by atoms with van der Waals surface area (Å²) in [6.45, 7) is 3.79. The lowest BCUT2D eigenvalue weighted by Crippen LogP contribution is -2.55. The van der Waals surface area contributed by atoms with Crippen molar-refractivity contribution in [2.45, 2.75) is 19.4 Å². The van der Waals surface area contributed by atoms with Crippen LogP contribution in [0.4, 0.5) is 20.0 Å². The van der Waals surface area contributed by atoms with Crippen molar-refractivity contribution >= 4 is 51.6 Å². The number of carbonyl (C=O) groups is 1. The number of nitrogens with zero attached hydrogens (tertiary/aromatic N) is 4. The highest BCUT2D eigenvalue weighted by atomic mass is 35.5. The zero-order valence-corrected chi connectivity index (χ0v) is 19.0. The first-order valence-corrected chi connectivity index (χ1v) is 11.3. The molecule has 0 bridgehead atoms. The topological polar surface area (TPSA) is 61.4 Å². The number of piperazine rings is 1. The van der Waals surface area contributed by atoms with Crippen LogP contribution < -0.4 is 10.2 Å². The number of amides is 2. The third kappa shape index (κ3) is 5.08. The number of hydrogen-bond acceptors (Lipinski definition) is 5. The molecule has 0 saturated carbocycles. The van der Waals surface area contributed by atoms with Gasteiger partial charge in [-0.15, -0.1) is 0 Å². The van der Waals surface area contributed by atoms with Gasteiger partial charge in [0.1, 0.15) is 11.6 Å². The van der Waals surface area contributed by atoms with Crippen molar-refractivity contribution in [3.8, 4) is 0 Å². The van der Waals surface area contributed by atoms with E-state index in [0.29, 0.717) is 47.6 Å². The summed E-state index contributed by atoms with van der Waals surface area (Å²) >= 11 is 13.7. The highest BCUT2D eigenvalue weighted by Crippen LogP contribution is 2.30. The number of para-hydroxylation sites is 1. The summed E-state index contributed by atoms with van der Waals surface area (Å²) in [5, 5.41) is 4.43. The minimum atomic E-state index is -0.261. The van der Waals surface area contributed by atoms with Crippen molar-refractivity contribution in [3.63, 3.8) is 0 Å². The number of rotatable bonds is 4. The average Bonchev–Trinajstić information content (AvgIpc) is 3.21. The van der Waals surface area contributed by atoms with Gasteiger partial charge in [0.25, 0.3) is 0 Å². The van der Waals surface area contributed by atoms with E-state index in [1.54, 1.807) is 35.2 Å². The van der Waals surface area contributed by atoms with Gasteiger partial charge in [0.05, 0.1) is 15.7 Å². The Labute approximate surface area is 193 Å². The molecule has 1 fully saturated rings. The van der Waals surface area contributed by atoms with Crippen LogP contribution in [-0.2, 0) is 6.42 Å². The fourth-order valence-corrected chi connectivity index (χ4v) is 4.67. The van der Waals surface area contributed by atoms with E-state index in [2.05, 4.69) is 19.6 Å². The van der Waals surface area contributed by atoms with Crippen LogP contribution in [0.25, 0.3) is 0 Å². The largest absolute Gasteiger partial charge is 0.343 e. The average molecular weight is 480 g/mol. The second-order valence-corrected chi connectivity index (χ2v) is 8.86. The summed E-state index contributed by atoms with van der Waals surface area (Å²) in [5.41, 5.74) is 1.37. The minimum absolute atomic E-state index is 0.0422. The zero-order chi connectivity index (χ0) is 22.0. The number of aromatic nitrogens is 2. The molecule has 162 valence electrons. The highest BCUT2D eigenvalue weighted by molar-refractivity contribution is 7.09. The highest BCUT2D eigenvalue weighted by Gasteiger charge is 2.29. The van der Waals surface area contributed by atoms with Crippen LogP contribution in [0.15, 0.2) is 42.5 Å². The maximum absolute atomic E-state index is 13.1. The van der Waals surface area contributed by atoms with Gasteiger partial charge in [0, 0.05) is 43.6 Å². The predicted octanol–water partition coefficient (Wildman–Crippen LogP) is 5.32. The SMILES string of the molecule is CC1CN(c2nc(Cc3ccc(F)cc3)ns2)CCN1C(=O)Nc1c(Cl)cccc1Cl. The summed E-state index contributed by atoms with van der Waals surface area (Å²) in [7, 11) is 0. The van der Waals surface area contributed by atoms with E-state index < -0.39 is 0 Å². The van der Waals surface area contributed by atoms with E-state index in [4.69, 9.17) is 23.2 Å². The number of carbonyl (C=O) groups excluding carboxylic acids is 1. The lowest BCUT2D eigenvalue weighted by atomic mass is 10.1. The molecule has 4 rings (SSSR count). The second kappa shape index (κ2) is 9.38. The summed E-state index contributed by atoms with van der Waals surface area (Å²) in [5.74, 6) is 0.441. The number of halogens is 3. The third-order valence-electron chi connectivity index (χ3n) is 5.09. The van der Waals surface area contributed by atoms with E-state index in [9.17, 15) is 9.18 Å². The van der Waals surface area contributed by atoms with E-state index in [1.165, 1.54) is 23.7 Å². The molecule has 1 unspecified atom stereocenters. The molecule has 31 heavy (non-hydrogen) atoms. The van der Waals surface area contributed by atoms with Gasteiger partial charge in [0.2, 0.25) is 5.13 Å². The summed E-state index contributed by atoms with van der Waals surface area (Å²) in [4.78, 5) is 21.3. The first-order chi connectivity index (χ1) is 14.9. The lowest BCUT2D eigenvalue weighted by Gasteiger charge is -2.39. The maximum Gasteiger partial charge on any atom is 0.322 e. The van der Waals surface area contributed by atoms with E-state index in [-0.39, 0.29) is 17.9 Å². The van der Waals surface area contributed by atoms with Crippen molar-refractivity contribution in [2.24, 2.45) is 0 Å².